The lowest BCUT2D eigenvalue weighted by Crippen LogP contribution is -2.46. The highest BCUT2D eigenvalue weighted by molar-refractivity contribution is 5.89. The number of ether oxygens (including phenoxy) is 1. The van der Waals surface area contributed by atoms with Crippen LogP contribution < -0.4 is 5.32 Å². The van der Waals surface area contributed by atoms with Crippen molar-refractivity contribution in [1.82, 2.24) is 10.2 Å². The van der Waals surface area contributed by atoms with E-state index in [2.05, 4.69) is 31.3 Å². The summed E-state index contributed by atoms with van der Waals surface area (Å²) in [6, 6.07) is 10.3. The standard InChI is InChI=1S/C20H25N3O2/c1-3-20(4-2)13-15-7-5-6-8-16(15)18(17(20)14-21)22-19(24)23-9-11-25-12-10-23/h5-8H,3-4,9-13H2,1-2H3,(H,22,24). The predicted octanol–water partition coefficient (Wildman–Crippen LogP) is 3.33. The second-order valence-corrected chi connectivity index (χ2v) is 6.71. The zero-order valence-corrected chi connectivity index (χ0v) is 15.0. The van der Waals surface area contributed by atoms with Gasteiger partial charge in [-0.25, -0.2) is 4.79 Å². The van der Waals surface area contributed by atoms with Gasteiger partial charge in [-0.2, -0.15) is 5.26 Å². The first-order valence-corrected chi connectivity index (χ1v) is 9.02. The molecule has 0 atom stereocenters. The fourth-order valence-corrected chi connectivity index (χ4v) is 3.88. The van der Waals surface area contributed by atoms with E-state index in [-0.39, 0.29) is 11.4 Å². The lowest BCUT2D eigenvalue weighted by Gasteiger charge is -2.38. The number of morpholine rings is 1. The van der Waals surface area contributed by atoms with Crippen molar-refractivity contribution in [3.05, 3.63) is 41.0 Å². The van der Waals surface area contributed by atoms with E-state index in [9.17, 15) is 10.1 Å². The molecule has 0 radical (unpaired) electrons. The van der Waals surface area contributed by atoms with Gasteiger partial charge in [-0.15, -0.1) is 0 Å². The Morgan fingerprint density at radius 3 is 2.60 bits per heavy atom. The van der Waals surface area contributed by atoms with Crippen LogP contribution in [0.3, 0.4) is 0 Å². The Morgan fingerprint density at radius 2 is 1.96 bits per heavy atom. The summed E-state index contributed by atoms with van der Waals surface area (Å²) in [5.41, 5.74) is 3.35. The maximum absolute atomic E-state index is 12.7. The van der Waals surface area contributed by atoms with Gasteiger partial charge in [0.1, 0.15) is 0 Å². The largest absolute Gasteiger partial charge is 0.378 e. The lowest BCUT2D eigenvalue weighted by atomic mass is 9.66. The molecule has 0 bridgehead atoms. The first-order chi connectivity index (χ1) is 12.1. The first-order valence-electron chi connectivity index (χ1n) is 9.02. The molecule has 1 aliphatic heterocycles. The highest BCUT2D eigenvalue weighted by atomic mass is 16.5. The number of carbonyl (C=O) groups excluding carboxylic acids is 1. The third kappa shape index (κ3) is 3.14. The summed E-state index contributed by atoms with van der Waals surface area (Å²) < 4.78 is 5.32. The number of nitrogens with zero attached hydrogens (tertiary/aromatic N) is 2. The Morgan fingerprint density at radius 1 is 1.28 bits per heavy atom. The van der Waals surface area contributed by atoms with Crippen molar-refractivity contribution < 1.29 is 9.53 Å². The van der Waals surface area contributed by atoms with Crippen LogP contribution in [-0.2, 0) is 11.2 Å². The maximum Gasteiger partial charge on any atom is 0.322 e. The second kappa shape index (κ2) is 7.28. The van der Waals surface area contributed by atoms with E-state index in [1.54, 1.807) is 4.90 Å². The molecule has 1 aromatic rings. The molecule has 0 spiro atoms. The van der Waals surface area contributed by atoms with Gasteiger partial charge in [0.2, 0.25) is 0 Å². The summed E-state index contributed by atoms with van der Waals surface area (Å²) >= 11 is 0. The van der Waals surface area contributed by atoms with Gasteiger partial charge in [-0.05, 0) is 24.8 Å². The van der Waals surface area contributed by atoms with Gasteiger partial charge in [0.05, 0.1) is 30.6 Å². The number of allylic oxidation sites excluding steroid dienone is 1. The minimum atomic E-state index is -0.212. The number of urea groups is 1. The van der Waals surface area contributed by atoms with E-state index in [1.165, 1.54) is 5.56 Å². The minimum Gasteiger partial charge on any atom is -0.378 e. The van der Waals surface area contributed by atoms with Crippen molar-refractivity contribution in [3.8, 4) is 6.07 Å². The minimum absolute atomic E-state index is 0.149. The summed E-state index contributed by atoms with van der Waals surface area (Å²) in [5.74, 6) is 0. The molecule has 1 N–H and O–H groups in total. The van der Waals surface area contributed by atoms with Crippen molar-refractivity contribution in [2.45, 2.75) is 33.1 Å². The molecule has 1 saturated heterocycles. The summed E-state index contributed by atoms with van der Waals surface area (Å²) in [4.78, 5) is 14.5. The Kier molecular flexibility index (Phi) is 5.10. The molecule has 25 heavy (non-hydrogen) atoms. The van der Waals surface area contributed by atoms with Gasteiger partial charge in [0, 0.05) is 24.1 Å². The third-order valence-electron chi connectivity index (χ3n) is 5.59. The third-order valence-corrected chi connectivity index (χ3v) is 5.59. The number of fused-ring (bicyclic) bond motifs is 1. The van der Waals surface area contributed by atoms with Crippen LogP contribution in [0, 0.1) is 16.7 Å². The number of nitrogens with one attached hydrogen (secondary N) is 1. The zero-order chi connectivity index (χ0) is 17.9. The van der Waals surface area contributed by atoms with Gasteiger partial charge in [-0.1, -0.05) is 38.1 Å². The molecule has 0 saturated carbocycles. The normalized spacial score (nSPS) is 19.2. The van der Waals surface area contributed by atoms with Crippen LogP contribution in [0.25, 0.3) is 5.70 Å². The number of benzene rings is 1. The molecule has 2 amide bonds. The number of nitriles is 1. The molecule has 1 heterocycles. The van der Waals surface area contributed by atoms with E-state index >= 15 is 0 Å². The summed E-state index contributed by atoms with van der Waals surface area (Å²) in [6.45, 7) is 6.51. The molecule has 1 aromatic carbocycles. The van der Waals surface area contributed by atoms with Crippen molar-refractivity contribution >= 4 is 11.7 Å². The van der Waals surface area contributed by atoms with E-state index in [1.807, 2.05) is 18.2 Å². The Balaban J connectivity index is 2.03. The Labute approximate surface area is 149 Å². The van der Waals surface area contributed by atoms with Gasteiger partial charge >= 0.3 is 6.03 Å². The SMILES string of the molecule is CCC1(CC)Cc2ccccc2C(NC(=O)N2CCOCC2)=C1C#N. The second-order valence-electron chi connectivity index (χ2n) is 6.71. The van der Waals surface area contributed by atoms with Crippen LogP contribution in [-0.4, -0.2) is 37.2 Å². The monoisotopic (exact) mass is 339 g/mol. The molecule has 3 rings (SSSR count). The average molecular weight is 339 g/mol. The van der Waals surface area contributed by atoms with Crippen molar-refractivity contribution in [1.29, 1.82) is 5.26 Å². The van der Waals surface area contributed by atoms with Crippen LogP contribution >= 0.6 is 0 Å². The summed E-state index contributed by atoms with van der Waals surface area (Å²) in [5, 5.41) is 13.0. The maximum atomic E-state index is 12.7. The molecule has 1 aliphatic carbocycles. The van der Waals surface area contributed by atoms with Gasteiger partial charge in [-0.3, -0.25) is 0 Å². The zero-order valence-electron chi connectivity index (χ0n) is 15.0. The van der Waals surface area contributed by atoms with E-state index < -0.39 is 0 Å². The van der Waals surface area contributed by atoms with Crippen molar-refractivity contribution in [2.24, 2.45) is 5.41 Å². The fourth-order valence-electron chi connectivity index (χ4n) is 3.88. The fraction of sp³-hybridized carbons (Fsp3) is 0.500. The summed E-state index contributed by atoms with van der Waals surface area (Å²) in [7, 11) is 0. The molecule has 5 heteroatoms. The Hall–Kier alpha value is -2.32. The smallest absolute Gasteiger partial charge is 0.322 e. The Bertz CT molecular complexity index is 723. The van der Waals surface area contributed by atoms with E-state index in [0.29, 0.717) is 37.6 Å². The lowest BCUT2D eigenvalue weighted by molar-refractivity contribution is 0.0541. The van der Waals surface area contributed by atoms with Gasteiger partial charge < -0.3 is 15.0 Å². The number of hydrogen-bond acceptors (Lipinski definition) is 3. The van der Waals surface area contributed by atoms with Crippen LogP contribution in [0.2, 0.25) is 0 Å². The van der Waals surface area contributed by atoms with Crippen LogP contribution in [0.15, 0.2) is 29.8 Å². The topological polar surface area (TPSA) is 65.4 Å². The quantitative estimate of drug-likeness (QED) is 0.918. The highest BCUT2D eigenvalue weighted by Gasteiger charge is 2.39. The van der Waals surface area contributed by atoms with E-state index in [0.717, 1.165) is 24.8 Å². The molecule has 0 aromatic heterocycles. The number of rotatable bonds is 3. The molecular formula is C20H25N3O2. The molecular weight excluding hydrogens is 314 g/mol. The molecule has 1 fully saturated rings. The first kappa shape index (κ1) is 17.5. The highest BCUT2D eigenvalue weighted by Crippen LogP contribution is 2.46. The number of amides is 2. The van der Waals surface area contributed by atoms with Crippen molar-refractivity contribution in [3.63, 3.8) is 0 Å². The molecule has 5 nitrogen and oxygen atoms in total. The van der Waals surface area contributed by atoms with Gasteiger partial charge in [0.25, 0.3) is 0 Å². The number of hydrogen-bond donors (Lipinski definition) is 1. The van der Waals surface area contributed by atoms with E-state index in [4.69, 9.17) is 4.74 Å². The molecule has 0 unspecified atom stereocenters. The van der Waals surface area contributed by atoms with Crippen molar-refractivity contribution in [2.75, 3.05) is 26.3 Å². The average Bonchev–Trinajstić information content (AvgIpc) is 2.68. The van der Waals surface area contributed by atoms with Gasteiger partial charge in [0.15, 0.2) is 0 Å². The van der Waals surface area contributed by atoms with Crippen LogP contribution in [0.5, 0.6) is 0 Å². The predicted molar refractivity (Wildman–Crippen MR) is 96.6 cm³/mol. The van der Waals surface area contributed by atoms with Crippen LogP contribution in [0.1, 0.15) is 37.8 Å². The number of carbonyl (C=O) groups is 1. The van der Waals surface area contributed by atoms with Crippen LogP contribution in [0.4, 0.5) is 4.79 Å². The molecule has 132 valence electrons. The summed E-state index contributed by atoms with van der Waals surface area (Å²) in [6.07, 6.45) is 2.59. The molecule has 2 aliphatic rings.